The van der Waals surface area contributed by atoms with Crippen LogP contribution >= 0.6 is 11.8 Å². The van der Waals surface area contributed by atoms with Gasteiger partial charge in [0, 0.05) is 17.4 Å². The number of aromatic nitrogens is 2. The van der Waals surface area contributed by atoms with Gasteiger partial charge in [-0.1, -0.05) is 19.8 Å². The molecular weight excluding hydrogens is 244 g/mol. The van der Waals surface area contributed by atoms with Crippen molar-refractivity contribution in [2.45, 2.75) is 44.3 Å². The minimum atomic E-state index is 0.616. The van der Waals surface area contributed by atoms with Gasteiger partial charge in [-0.05, 0) is 25.0 Å². The molecule has 0 amide bonds. The number of nitrogen functional groups attached to an aromatic ring is 1. The molecular formula is C13H22N4S. The van der Waals surface area contributed by atoms with Crippen molar-refractivity contribution in [1.29, 1.82) is 0 Å². The van der Waals surface area contributed by atoms with Gasteiger partial charge in [-0.25, -0.2) is 9.97 Å². The zero-order valence-electron chi connectivity index (χ0n) is 11.0. The lowest BCUT2D eigenvalue weighted by molar-refractivity contribution is 0.676. The standard InChI is InChI=1S/C13H22N4S/c1-2-5-11-12(14)16-9-17-13(11)15-8-10-6-3-4-7-18-10/h9-10H,2-8H2,1H3,(H3,14,15,16,17). The highest BCUT2D eigenvalue weighted by atomic mass is 32.2. The Balaban J connectivity index is 1.97. The summed E-state index contributed by atoms with van der Waals surface area (Å²) in [6.45, 7) is 3.13. The molecule has 5 heteroatoms. The van der Waals surface area contributed by atoms with Crippen molar-refractivity contribution in [3.05, 3.63) is 11.9 Å². The molecule has 0 aliphatic carbocycles. The molecule has 1 aromatic heterocycles. The lowest BCUT2D eigenvalue weighted by Crippen LogP contribution is -2.21. The van der Waals surface area contributed by atoms with E-state index in [4.69, 9.17) is 5.73 Å². The number of thioether (sulfide) groups is 1. The van der Waals surface area contributed by atoms with Crippen molar-refractivity contribution in [3.8, 4) is 0 Å². The predicted octanol–water partition coefficient (Wildman–Crippen LogP) is 2.71. The Morgan fingerprint density at radius 2 is 2.33 bits per heavy atom. The number of anilines is 2. The SMILES string of the molecule is CCCc1c(N)ncnc1NCC1CCCCS1. The van der Waals surface area contributed by atoms with Crippen LogP contribution in [0.15, 0.2) is 6.33 Å². The highest BCUT2D eigenvalue weighted by Gasteiger charge is 2.15. The molecule has 0 aromatic carbocycles. The van der Waals surface area contributed by atoms with Crippen molar-refractivity contribution in [1.82, 2.24) is 9.97 Å². The zero-order valence-corrected chi connectivity index (χ0v) is 11.8. The first-order valence-corrected chi connectivity index (χ1v) is 7.81. The lowest BCUT2D eigenvalue weighted by atomic mass is 10.1. The highest BCUT2D eigenvalue weighted by molar-refractivity contribution is 7.99. The van der Waals surface area contributed by atoms with Crippen LogP contribution in [-0.2, 0) is 6.42 Å². The van der Waals surface area contributed by atoms with E-state index >= 15 is 0 Å². The topological polar surface area (TPSA) is 63.8 Å². The molecule has 2 heterocycles. The van der Waals surface area contributed by atoms with Crippen LogP contribution in [0.4, 0.5) is 11.6 Å². The summed E-state index contributed by atoms with van der Waals surface area (Å²) in [6.07, 6.45) is 7.57. The summed E-state index contributed by atoms with van der Waals surface area (Å²) in [4.78, 5) is 8.41. The lowest BCUT2D eigenvalue weighted by Gasteiger charge is -2.22. The van der Waals surface area contributed by atoms with Gasteiger partial charge in [0.05, 0.1) is 0 Å². The van der Waals surface area contributed by atoms with Crippen LogP contribution in [0.5, 0.6) is 0 Å². The van der Waals surface area contributed by atoms with E-state index in [2.05, 4.69) is 34.0 Å². The van der Waals surface area contributed by atoms with Gasteiger partial charge in [0.1, 0.15) is 18.0 Å². The van der Waals surface area contributed by atoms with Crippen LogP contribution in [0.1, 0.15) is 38.2 Å². The molecule has 1 aliphatic heterocycles. The fraction of sp³-hybridized carbons (Fsp3) is 0.692. The number of hydrogen-bond acceptors (Lipinski definition) is 5. The maximum absolute atomic E-state index is 5.92. The summed E-state index contributed by atoms with van der Waals surface area (Å²) in [6, 6.07) is 0. The quantitative estimate of drug-likeness (QED) is 0.858. The van der Waals surface area contributed by atoms with Gasteiger partial charge >= 0.3 is 0 Å². The molecule has 4 nitrogen and oxygen atoms in total. The van der Waals surface area contributed by atoms with Gasteiger partial charge in [-0.15, -0.1) is 0 Å². The third-order valence-corrected chi connectivity index (χ3v) is 4.65. The summed E-state index contributed by atoms with van der Waals surface area (Å²) in [5.74, 6) is 2.83. The third kappa shape index (κ3) is 3.51. The van der Waals surface area contributed by atoms with Gasteiger partial charge < -0.3 is 11.1 Å². The Morgan fingerprint density at radius 1 is 1.44 bits per heavy atom. The van der Waals surface area contributed by atoms with Crippen LogP contribution in [0.2, 0.25) is 0 Å². The molecule has 2 rings (SSSR count). The Morgan fingerprint density at radius 3 is 3.06 bits per heavy atom. The molecule has 1 saturated heterocycles. The van der Waals surface area contributed by atoms with E-state index in [-0.39, 0.29) is 0 Å². The Bertz CT molecular complexity index is 377. The third-order valence-electron chi connectivity index (χ3n) is 3.25. The summed E-state index contributed by atoms with van der Waals surface area (Å²) < 4.78 is 0. The van der Waals surface area contributed by atoms with Crippen molar-refractivity contribution in [2.24, 2.45) is 0 Å². The second-order valence-corrected chi connectivity index (χ2v) is 6.11. The van der Waals surface area contributed by atoms with Gasteiger partial charge in [-0.3, -0.25) is 0 Å². The Hall–Kier alpha value is -0.970. The number of nitrogens with one attached hydrogen (secondary N) is 1. The van der Waals surface area contributed by atoms with Gasteiger partial charge in [0.2, 0.25) is 0 Å². The number of hydrogen-bond donors (Lipinski definition) is 2. The first kappa shape index (κ1) is 13.5. The maximum Gasteiger partial charge on any atom is 0.134 e. The van der Waals surface area contributed by atoms with E-state index in [0.29, 0.717) is 11.1 Å². The van der Waals surface area contributed by atoms with E-state index in [1.54, 1.807) is 6.33 Å². The first-order chi connectivity index (χ1) is 8.81. The molecule has 1 unspecified atom stereocenters. The smallest absolute Gasteiger partial charge is 0.134 e. The summed E-state index contributed by atoms with van der Waals surface area (Å²) in [5.41, 5.74) is 6.99. The molecule has 1 aliphatic rings. The molecule has 0 saturated carbocycles. The average Bonchev–Trinajstić information content (AvgIpc) is 2.41. The fourth-order valence-electron chi connectivity index (χ4n) is 2.25. The number of rotatable bonds is 5. The monoisotopic (exact) mass is 266 g/mol. The molecule has 0 bridgehead atoms. The molecule has 18 heavy (non-hydrogen) atoms. The van der Waals surface area contributed by atoms with E-state index in [0.717, 1.165) is 30.8 Å². The zero-order chi connectivity index (χ0) is 12.8. The van der Waals surface area contributed by atoms with Gasteiger partial charge in [-0.2, -0.15) is 11.8 Å². The molecule has 0 spiro atoms. The van der Waals surface area contributed by atoms with Crippen LogP contribution in [-0.4, -0.2) is 27.5 Å². The molecule has 100 valence electrons. The van der Waals surface area contributed by atoms with Crippen molar-refractivity contribution in [3.63, 3.8) is 0 Å². The van der Waals surface area contributed by atoms with Crippen molar-refractivity contribution in [2.75, 3.05) is 23.3 Å². The molecule has 1 atom stereocenters. The summed E-state index contributed by atoms with van der Waals surface area (Å²) >= 11 is 2.07. The van der Waals surface area contributed by atoms with Crippen molar-refractivity contribution >= 4 is 23.4 Å². The van der Waals surface area contributed by atoms with Crippen LogP contribution in [0.25, 0.3) is 0 Å². The molecule has 0 radical (unpaired) electrons. The summed E-state index contributed by atoms with van der Waals surface area (Å²) in [5, 5.41) is 4.17. The molecule has 1 aromatic rings. The predicted molar refractivity (Wildman–Crippen MR) is 79.0 cm³/mol. The largest absolute Gasteiger partial charge is 0.383 e. The van der Waals surface area contributed by atoms with E-state index in [9.17, 15) is 0 Å². The van der Waals surface area contributed by atoms with Crippen LogP contribution in [0.3, 0.4) is 0 Å². The molecule has 1 fully saturated rings. The number of nitrogens with zero attached hydrogens (tertiary/aromatic N) is 2. The summed E-state index contributed by atoms with van der Waals surface area (Å²) in [7, 11) is 0. The highest BCUT2D eigenvalue weighted by Crippen LogP contribution is 2.26. The van der Waals surface area contributed by atoms with E-state index in [1.165, 1.54) is 25.0 Å². The minimum absolute atomic E-state index is 0.616. The second-order valence-electron chi connectivity index (χ2n) is 4.71. The van der Waals surface area contributed by atoms with Gasteiger partial charge in [0.25, 0.3) is 0 Å². The normalized spacial score (nSPS) is 19.7. The van der Waals surface area contributed by atoms with Gasteiger partial charge in [0.15, 0.2) is 0 Å². The number of nitrogens with two attached hydrogens (primary N) is 1. The fourth-order valence-corrected chi connectivity index (χ4v) is 3.49. The Kier molecular flexibility index (Phi) is 5.11. The maximum atomic E-state index is 5.92. The van der Waals surface area contributed by atoms with E-state index in [1.807, 2.05) is 0 Å². The Labute approximate surface area is 113 Å². The second kappa shape index (κ2) is 6.83. The van der Waals surface area contributed by atoms with Crippen LogP contribution < -0.4 is 11.1 Å². The molecule has 3 N–H and O–H groups in total. The first-order valence-electron chi connectivity index (χ1n) is 6.76. The minimum Gasteiger partial charge on any atom is -0.383 e. The average molecular weight is 266 g/mol. The van der Waals surface area contributed by atoms with Crippen LogP contribution in [0, 0.1) is 0 Å². The van der Waals surface area contributed by atoms with Crippen molar-refractivity contribution < 1.29 is 0 Å². The van der Waals surface area contributed by atoms with E-state index < -0.39 is 0 Å².